The second-order valence-corrected chi connectivity index (χ2v) is 10.7. The SMILES string of the molecule is COc1ccc(OC)c2c1CN(c1ccc(S(=O)(=O)N3CCC[C@@H](C)C3)cc1[N+](=O)[O-])C[C@H]2O. The fourth-order valence-corrected chi connectivity index (χ4v) is 6.47. The number of anilines is 1. The molecule has 0 radical (unpaired) electrons. The monoisotopic (exact) mass is 491 g/mol. The molecule has 4 rings (SSSR count). The number of aliphatic hydroxyl groups excluding tert-OH is 1. The first-order valence-electron chi connectivity index (χ1n) is 11.1. The fourth-order valence-electron chi connectivity index (χ4n) is 4.85. The highest BCUT2D eigenvalue weighted by atomic mass is 32.2. The third-order valence-electron chi connectivity index (χ3n) is 6.53. The Hall–Kier alpha value is -2.89. The van der Waals surface area contributed by atoms with Crippen molar-refractivity contribution in [2.24, 2.45) is 5.92 Å². The summed E-state index contributed by atoms with van der Waals surface area (Å²) in [6.07, 6.45) is 0.737. The number of nitro benzene ring substituents is 1. The van der Waals surface area contributed by atoms with Gasteiger partial charge in [0.05, 0.1) is 24.0 Å². The topological polar surface area (TPSA) is 122 Å². The minimum absolute atomic E-state index is 0.0765. The molecule has 2 aromatic rings. The molecule has 0 unspecified atom stereocenters. The van der Waals surface area contributed by atoms with Gasteiger partial charge in [-0.05, 0) is 43.0 Å². The first kappa shape index (κ1) is 24.2. The highest BCUT2D eigenvalue weighted by Gasteiger charge is 2.35. The van der Waals surface area contributed by atoms with Crippen LogP contribution in [0.15, 0.2) is 35.2 Å². The minimum Gasteiger partial charge on any atom is -0.496 e. The van der Waals surface area contributed by atoms with Crippen molar-refractivity contribution in [1.29, 1.82) is 0 Å². The zero-order chi connectivity index (χ0) is 24.6. The van der Waals surface area contributed by atoms with Gasteiger partial charge in [-0.2, -0.15) is 4.31 Å². The largest absolute Gasteiger partial charge is 0.496 e. The van der Waals surface area contributed by atoms with Gasteiger partial charge < -0.3 is 19.5 Å². The Bertz CT molecular complexity index is 1200. The summed E-state index contributed by atoms with van der Waals surface area (Å²) in [4.78, 5) is 13.0. The Balaban J connectivity index is 1.73. The van der Waals surface area contributed by atoms with Gasteiger partial charge in [0.1, 0.15) is 23.3 Å². The number of hydrogen-bond acceptors (Lipinski definition) is 8. The molecule has 10 nitrogen and oxygen atoms in total. The second kappa shape index (κ2) is 9.40. The van der Waals surface area contributed by atoms with E-state index in [9.17, 15) is 23.6 Å². The lowest BCUT2D eigenvalue weighted by atomic mass is 9.94. The van der Waals surface area contributed by atoms with Crippen LogP contribution in [0.3, 0.4) is 0 Å². The van der Waals surface area contributed by atoms with E-state index in [1.54, 1.807) is 17.0 Å². The van der Waals surface area contributed by atoms with Gasteiger partial charge in [-0.3, -0.25) is 10.1 Å². The number of aliphatic hydroxyl groups is 1. The molecule has 1 N–H and O–H groups in total. The first-order chi connectivity index (χ1) is 16.2. The number of β-amino-alcohol motifs (C(OH)–C–C–N with tert-alkyl or cyclic N) is 1. The van der Waals surface area contributed by atoms with Crippen molar-refractivity contribution in [3.8, 4) is 11.5 Å². The van der Waals surface area contributed by atoms with Crippen molar-refractivity contribution in [3.63, 3.8) is 0 Å². The van der Waals surface area contributed by atoms with Crippen LogP contribution in [0.2, 0.25) is 0 Å². The molecule has 184 valence electrons. The molecular weight excluding hydrogens is 462 g/mol. The third-order valence-corrected chi connectivity index (χ3v) is 8.39. The van der Waals surface area contributed by atoms with Crippen LogP contribution in [0.25, 0.3) is 0 Å². The van der Waals surface area contributed by atoms with E-state index in [-0.39, 0.29) is 35.3 Å². The summed E-state index contributed by atoms with van der Waals surface area (Å²) < 4.78 is 38.6. The number of rotatable bonds is 6. The zero-order valence-corrected chi connectivity index (χ0v) is 20.2. The standard InChI is InChI=1S/C23H29N3O7S/c1-15-5-4-10-25(12-15)34(30,31)16-6-7-18(19(11-16)26(28)29)24-13-17-21(32-2)8-9-22(33-3)23(17)20(27)14-24/h6-9,11,15,20,27H,4-5,10,12-14H2,1-3H3/t15-,20-/m1/s1. The normalized spacial score (nSPS) is 21.1. The summed E-state index contributed by atoms with van der Waals surface area (Å²) in [5, 5.41) is 22.9. The maximum absolute atomic E-state index is 13.2. The zero-order valence-electron chi connectivity index (χ0n) is 19.4. The molecule has 0 aliphatic carbocycles. The van der Waals surface area contributed by atoms with Gasteiger partial charge in [-0.15, -0.1) is 0 Å². The summed E-state index contributed by atoms with van der Waals surface area (Å²) >= 11 is 0. The van der Waals surface area contributed by atoms with Crippen molar-refractivity contribution >= 4 is 21.4 Å². The van der Waals surface area contributed by atoms with Crippen molar-refractivity contribution in [3.05, 3.63) is 51.6 Å². The number of hydrogen-bond donors (Lipinski definition) is 1. The maximum atomic E-state index is 13.2. The van der Waals surface area contributed by atoms with E-state index in [2.05, 4.69) is 0 Å². The second-order valence-electron chi connectivity index (χ2n) is 8.78. The Morgan fingerprint density at radius 3 is 2.47 bits per heavy atom. The van der Waals surface area contributed by atoms with Gasteiger partial charge in [-0.1, -0.05) is 6.92 Å². The molecule has 0 aromatic heterocycles. The molecule has 2 aromatic carbocycles. The molecule has 2 heterocycles. The van der Waals surface area contributed by atoms with Crippen LogP contribution in [0.5, 0.6) is 11.5 Å². The average molecular weight is 492 g/mol. The van der Waals surface area contributed by atoms with E-state index < -0.39 is 21.1 Å². The molecule has 2 aliphatic heterocycles. The van der Waals surface area contributed by atoms with E-state index in [1.165, 1.54) is 30.7 Å². The highest BCUT2D eigenvalue weighted by molar-refractivity contribution is 7.89. The molecule has 11 heteroatoms. The number of methoxy groups -OCH3 is 2. The summed E-state index contributed by atoms with van der Waals surface area (Å²) in [5.74, 6) is 1.27. The Morgan fingerprint density at radius 1 is 1.12 bits per heavy atom. The molecule has 1 saturated heterocycles. The average Bonchev–Trinajstić information content (AvgIpc) is 2.82. The molecule has 34 heavy (non-hydrogen) atoms. The third kappa shape index (κ3) is 4.30. The first-order valence-corrected chi connectivity index (χ1v) is 12.6. The van der Waals surface area contributed by atoms with Crippen LogP contribution in [-0.2, 0) is 16.6 Å². The van der Waals surface area contributed by atoms with E-state index in [0.717, 1.165) is 18.9 Å². The molecule has 1 fully saturated rings. The molecule has 2 aliphatic rings. The summed E-state index contributed by atoms with van der Waals surface area (Å²) in [6.45, 7) is 3.10. The van der Waals surface area contributed by atoms with E-state index in [0.29, 0.717) is 35.7 Å². The van der Waals surface area contributed by atoms with Crippen molar-refractivity contribution < 1.29 is 27.9 Å². The molecule has 0 amide bonds. The molecule has 2 atom stereocenters. The number of fused-ring (bicyclic) bond motifs is 1. The van der Waals surface area contributed by atoms with Crippen LogP contribution in [-0.4, -0.2) is 56.6 Å². The fraction of sp³-hybridized carbons (Fsp3) is 0.478. The smallest absolute Gasteiger partial charge is 0.293 e. The van der Waals surface area contributed by atoms with Crippen molar-refractivity contribution in [2.45, 2.75) is 37.3 Å². The molecule has 0 spiro atoms. The lowest BCUT2D eigenvalue weighted by Crippen LogP contribution is -2.39. The van der Waals surface area contributed by atoms with Gasteiger partial charge in [0, 0.05) is 43.4 Å². The number of piperidine rings is 1. The summed E-state index contributed by atoms with van der Waals surface area (Å²) in [5.41, 5.74) is 1.14. The number of benzene rings is 2. The van der Waals surface area contributed by atoms with Crippen LogP contribution >= 0.6 is 0 Å². The lowest BCUT2D eigenvalue weighted by molar-refractivity contribution is -0.384. The van der Waals surface area contributed by atoms with Crippen molar-refractivity contribution in [2.75, 3.05) is 38.8 Å². The van der Waals surface area contributed by atoms with Crippen molar-refractivity contribution in [1.82, 2.24) is 4.31 Å². The highest BCUT2D eigenvalue weighted by Crippen LogP contribution is 2.43. The van der Waals surface area contributed by atoms with Crippen LogP contribution in [0, 0.1) is 16.0 Å². The molecule has 0 saturated carbocycles. The lowest BCUT2D eigenvalue weighted by Gasteiger charge is -2.35. The van der Waals surface area contributed by atoms with Gasteiger partial charge in [0.15, 0.2) is 0 Å². The number of sulfonamides is 1. The van der Waals surface area contributed by atoms with Gasteiger partial charge in [-0.25, -0.2) is 8.42 Å². The Labute approximate surface area is 198 Å². The Morgan fingerprint density at radius 2 is 1.82 bits per heavy atom. The number of nitro groups is 1. The Kier molecular flexibility index (Phi) is 6.70. The van der Waals surface area contributed by atoms with Crippen LogP contribution in [0.1, 0.15) is 37.0 Å². The van der Waals surface area contributed by atoms with Gasteiger partial charge in [0.25, 0.3) is 5.69 Å². The number of nitrogens with zero attached hydrogens (tertiary/aromatic N) is 3. The van der Waals surface area contributed by atoms with E-state index in [1.807, 2.05) is 6.92 Å². The number of ether oxygens (including phenoxy) is 2. The van der Waals surface area contributed by atoms with Crippen LogP contribution < -0.4 is 14.4 Å². The van der Waals surface area contributed by atoms with Crippen LogP contribution in [0.4, 0.5) is 11.4 Å². The minimum atomic E-state index is -3.85. The predicted molar refractivity (Wildman–Crippen MR) is 126 cm³/mol. The summed E-state index contributed by atoms with van der Waals surface area (Å²) in [7, 11) is -0.834. The van der Waals surface area contributed by atoms with E-state index in [4.69, 9.17) is 9.47 Å². The maximum Gasteiger partial charge on any atom is 0.293 e. The molecular formula is C23H29N3O7S. The van der Waals surface area contributed by atoms with Gasteiger partial charge in [0.2, 0.25) is 10.0 Å². The summed E-state index contributed by atoms with van der Waals surface area (Å²) in [6, 6.07) is 7.40. The van der Waals surface area contributed by atoms with Gasteiger partial charge >= 0.3 is 0 Å². The molecule has 0 bridgehead atoms. The quantitative estimate of drug-likeness (QED) is 0.483. The predicted octanol–water partition coefficient (Wildman–Crippen LogP) is 3.09. The van der Waals surface area contributed by atoms with E-state index >= 15 is 0 Å².